The van der Waals surface area contributed by atoms with Gasteiger partial charge in [-0.25, -0.2) is 4.98 Å². The highest BCUT2D eigenvalue weighted by molar-refractivity contribution is 7.18. The molecule has 0 saturated heterocycles. The molecule has 31 heavy (non-hydrogen) atoms. The summed E-state index contributed by atoms with van der Waals surface area (Å²) in [5, 5.41) is 20.7. The summed E-state index contributed by atoms with van der Waals surface area (Å²) in [6.45, 7) is 4.18. The van der Waals surface area contributed by atoms with Crippen molar-refractivity contribution >= 4 is 27.2 Å². The molecule has 0 fully saturated rings. The molecule has 0 aliphatic carbocycles. The maximum absolute atomic E-state index is 13.5. The van der Waals surface area contributed by atoms with Crippen molar-refractivity contribution in [1.29, 1.82) is 5.26 Å². The summed E-state index contributed by atoms with van der Waals surface area (Å²) in [4.78, 5) is 30.5. The van der Waals surface area contributed by atoms with Crippen molar-refractivity contribution in [2.45, 2.75) is 26.8 Å². The Balaban J connectivity index is 1.84. The summed E-state index contributed by atoms with van der Waals surface area (Å²) < 4.78 is 1.64. The molecule has 0 radical (unpaired) electrons. The van der Waals surface area contributed by atoms with Gasteiger partial charge in [0.25, 0.3) is 11.2 Å². The van der Waals surface area contributed by atoms with Crippen LogP contribution >= 0.6 is 11.3 Å². The van der Waals surface area contributed by atoms with Gasteiger partial charge in [0.05, 0.1) is 28.5 Å². The predicted octanol–water partition coefficient (Wildman–Crippen LogP) is 4.49. The number of hydrogen-bond acceptors (Lipinski definition) is 6. The first kappa shape index (κ1) is 20.4. The van der Waals surface area contributed by atoms with Gasteiger partial charge >= 0.3 is 0 Å². The van der Waals surface area contributed by atoms with Crippen LogP contribution in [0.2, 0.25) is 0 Å². The fourth-order valence-electron chi connectivity index (χ4n) is 3.51. The Bertz CT molecular complexity index is 1410. The lowest BCUT2D eigenvalue weighted by atomic mass is 10.1. The van der Waals surface area contributed by atoms with Gasteiger partial charge in [0.2, 0.25) is 0 Å². The van der Waals surface area contributed by atoms with Crippen molar-refractivity contribution in [3.8, 4) is 6.07 Å². The Morgan fingerprint density at radius 2 is 1.90 bits per heavy atom. The Morgan fingerprint density at radius 3 is 2.58 bits per heavy atom. The zero-order valence-electron chi connectivity index (χ0n) is 17.0. The molecular formula is C23H18N4O3S. The van der Waals surface area contributed by atoms with Crippen molar-refractivity contribution in [2.75, 3.05) is 0 Å². The van der Waals surface area contributed by atoms with E-state index < -0.39 is 4.92 Å². The summed E-state index contributed by atoms with van der Waals surface area (Å²) in [6, 6.07) is 15.5. The van der Waals surface area contributed by atoms with Crippen LogP contribution in [0.25, 0.3) is 10.2 Å². The van der Waals surface area contributed by atoms with Crippen LogP contribution in [0, 0.1) is 35.3 Å². The number of nitro groups is 1. The highest BCUT2D eigenvalue weighted by Gasteiger charge is 2.17. The van der Waals surface area contributed by atoms with Crippen LogP contribution in [-0.2, 0) is 13.0 Å². The van der Waals surface area contributed by atoms with Crippen LogP contribution in [0.1, 0.15) is 33.0 Å². The van der Waals surface area contributed by atoms with E-state index in [2.05, 4.69) is 6.07 Å². The molecule has 4 aromatic rings. The Morgan fingerprint density at radius 1 is 1.16 bits per heavy atom. The van der Waals surface area contributed by atoms with Gasteiger partial charge in [-0.2, -0.15) is 5.26 Å². The molecule has 0 aliphatic rings. The summed E-state index contributed by atoms with van der Waals surface area (Å²) in [6.07, 6.45) is 0.358. The van der Waals surface area contributed by atoms with Gasteiger partial charge in [-0.15, -0.1) is 11.3 Å². The van der Waals surface area contributed by atoms with Gasteiger partial charge in [0.15, 0.2) is 0 Å². The largest absolute Gasteiger partial charge is 0.291 e. The van der Waals surface area contributed by atoms with Crippen LogP contribution in [0.3, 0.4) is 0 Å². The molecule has 0 saturated carbocycles. The highest BCUT2D eigenvalue weighted by atomic mass is 32.1. The molecule has 0 spiro atoms. The van der Waals surface area contributed by atoms with E-state index in [1.165, 1.54) is 23.5 Å². The number of aromatic nitrogens is 2. The van der Waals surface area contributed by atoms with E-state index in [1.54, 1.807) is 34.9 Å². The van der Waals surface area contributed by atoms with E-state index in [4.69, 9.17) is 4.98 Å². The molecule has 0 bridgehead atoms. The van der Waals surface area contributed by atoms with Crippen molar-refractivity contribution < 1.29 is 4.92 Å². The fraction of sp³-hybridized carbons (Fsp3) is 0.174. The Labute approximate surface area is 182 Å². The van der Waals surface area contributed by atoms with Crippen LogP contribution in [-0.4, -0.2) is 14.5 Å². The molecule has 7 nitrogen and oxygen atoms in total. The second kappa shape index (κ2) is 8.13. The first-order valence-corrected chi connectivity index (χ1v) is 10.4. The molecule has 4 rings (SSSR count). The van der Waals surface area contributed by atoms with E-state index in [9.17, 15) is 20.2 Å². The third-order valence-corrected chi connectivity index (χ3v) is 6.38. The van der Waals surface area contributed by atoms with E-state index in [0.717, 1.165) is 21.6 Å². The number of thiophene rings is 1. The van der Waals surface area contributed by atoms with Crippen molar-refractivity contribution in [3.05, 3.63) is 102 Å². The minimum absolute atomic E-state index is 0.0161. The van der Waals surface area contributed by atoms with Crippen molar-refractivity contribution in [3.63, 3.8) is 0 Å². The smallest absolute Gasteiger partial charge is 0.269 e. The second-order valence-electron chi connectivity index (χ2n) is 7.30. The quantitative estimate of drug-likeness (QED) is 0.343. The van der Waals surface area contributed by atoms with Crippen molar-refractivity contribution in [2.24, 2.45) is 0 Å². The maximum atomic E-state index is 13.5. The summed E-state index contributed by atoms with van der Waals surface area (Å²) in [7, 11) is 0. The number of rotatable bonds is 5. The normalized spacial score (nSPS) is 10.9. The summed E-state index contributed by atoms with van der Waals surface area (Å²) in [5.41, 5.74) is 3.00. The first-order chi connectivity index (χ1) is 14.9. The first-order valence-electron chi connectivity index (χ1n) is 9.59. The predicted molar refractivity (Wildman–Crippen MR) is 120 cm³/mol. The topological polar surface area (TPSA) is 102 Å². The number of hydrogen-bond donors (Lipinski definition) is 0. The number of fused-ring (bicyclic) bond motifs is 1. The number of nitro benzene ring substituents is 1. The average Bonchev–Trinajstić information content (AvgIpc) is 3.05. The minimum Gasteiger partial charge on any atom is -0.291 e. The molecule has 8 heteroatoms. The third-order valence-electron chi connectivity index (χ3n) is 5.27. The molecule has 2 aromatic carbocycles. The Kier molecular flexibility index (Phi) is 5.36. The molecule has 0 unspecified atom stereocenters. The maximum Gasteiger partial charge on any atom is 0.269 e. The zero-order chi connectivity index (χ0) is 22.1. The van der Waals surface area contributed by atoms with Gasteiger partial charge in [-0.3, -0.25) is 19.5 Å². The summed E-state index contributed by atoms with van der Waals surface area (Å²) >= 11 is 1.49. The number of benzene rings is 2. The fourth-order valence-corrected chi connectivity index (χ4v) is 4.55. The number of aryl methyl sites for hydroxylation is 2. The third kappa shape index (κ3) is 3.96. The number of non-ortho nitro benzene ring substituents is 1. The molecule has 0 amide bonds. The molecule has 0 N–H and O–H groups in total. The monoisotopic (exact) mass is 430 g/mol. The minimum atomic E-state index is -0.441. The van der Waals surface area contributed by atoms with E-state index in [-0.39, 0.29) is 17.8 Å². The lowest BCUT2D eigenvalue weighted by Crippen LogP contribution is -2.26. The number of nitrogens with zero attached hydrogens (tertiary/aromatic N) is 4. The molecule has 0 aliphatic heterocycles. The van der Waals surface area contributed by atoms with E-state index in [1.807, 2.05) is 19.9 Å². The summed E-state index contributed by atoms with van der Waals surface area (Å²) in [5.74, 6) is 0.579. The van der Waals surface area contributed by atoms with Gasteiger partial charge in [-0.1, -0.05) is 24.3 Å². The molecule has 154 valence electrons. The molecule has 2 heterocycles. The van der Waals surface area contributed by atoms with E-state index in [0.29, 0.717) is 28.0 Å². The van der Waals surface area contributed by atoms with Gasteiger partial charge in [0.1, 0.15) is 10.7 Å². The van der Waals surface area contributed by atoms with Crippen LogP contribution in [0.15, 0.2) is 53.3 Å². The van der Waals surface area contributed by atoms with Crippen LogP contribution in [0.5, 0.6) is 0 Å². The SMILES string of the molecule is Cc1sc2nc(Cc3ccc([N+](=O)[O-])cc3)n(Cc3cccc(C#N)c3)c(=O)c2c1C. The average molecular weight is 430 g/mol. The van der Waals surface area contributed by atoms with Crippen molar-refractivity contribution in [1.82, 2.24) is 9.55 Å². The van der Waals surface area contributed by atoms with Gasteiger partial charge in [0, 0.05) is 23.4 Å². The van der Waals surface area contributed by atoms with E-state index >= 15 is 0 Å². The molecular weight excluding hydrogens is 412 g/mol. The lowest BCUT2D eigenvalue weighted by molar-refractivity contribution is -0.384. The molecule has 0 atom stereocenters. The van der Waals surface area contributed by atoms with Crippen LogP contribution < -0.4 is 5.56 Å². The second-order valence-corrected chi connectivity index (χ2v) is 8.50. The Hall–Kier alpha value is -3.83. The zero-order valence-corrected chi connectivity index (χ0v) is 17.8. The lowest BCUT2D eigenvalue weighted by Gasteiger charge is -2.13. The van der Waals surface area contributed by atoms with Crippen LogP contribution in [0.4, 0.5) is 5.69 Å². The van der Waals surface area contributed by atoms with Gasteiger partial charge < -0.3 is 0 Å². The molecule has 2 aromatic heterocycles. The van der Waals surface area contributed by atoms with Gasteiger partial charge in [-0.05, 0) is 42.7 Å². The standard InChI is InChI=1S/C23H18N4O3S/c1-14-15(2)31-22-21(14)23(28)26(13-18-5-3-4-17(10-18)12-24)20(25-22)11-16-6-8-19(9-7-16)27(29)30/h3-10H,11,13H2,1-2H3. The highest BCUT2D eigenvalue weighted by Crippen LogP contribution is 2.27. The number of nitriles is 1.